The maximum atomic E-state index is 12.6. The average molecular weight is 588 g/mol. The number of hydrogen-bond acceptors (Lipinski definition) is 6. The summed E-state index contributed by atoms with van der Waals surface area (Å²) in [5.41, 5.74) is 2.51. The molecule has 9 heteroatoms. The minimum Gasteiger partial charge on any atom is -0.494 e. The number of aliphatic imine (C=N–C) groups is 1. The van der Waals surface area contributed by atoms with Crippen LogP contribution in [-0.2, 0) is 11.4 Å². The zero-order valence-electron chi connectivity index (χ0n) is 19.7. The minimum atomic E-state index is -0.207. The Balaban J connectivity index is 1.51. The zero-order chi connectivity index (χ0) is 25.5. The van der Waals surface area contributed by atoms with Gasteiger partial charge in [0.1, 0.15) is 12.4 Å². The van der Waals surface area contributed by atoms with Crippen molar-refractivity contribution in [1.29, 1.82) is 0 Å². The Labute approximate surface area is 227 Å². The third kappa shape index (κ3) is 6.84. The van der Waals surface area contributed by atoms with Gasteiger partial charge in [-0.25, -0.2) is 4.99 Å². The quantitative estimate of drug-likeness (QED) is 0.265. The Morgan fingerprint density at radius 1 is 1.00 bits per heavy atom. The van der Waals surface area contributed by atoms with Crippen LogP contribution in [0.5, 0.6) is 17.2 Å². The number of hydrogen-bond donors (Lipinski definition) is 1. The van der Waals surface area contributed by atoms with E-state index in [4.69, 9.17) is 25.8 Å². The molecule has 4 rings (SSSR count). The van der Waals surface area contributed by atoms with E-state index in [1.165, 1.54) is 11.8 Å². The zero-order valence-corrected chi connectivity index (χ0v) is 22.9. The molecule has 0 radical (unpaired) electrons. The molecule has 1 aliphatic heterocycles. The Kier molecular flexibility index (Phi) is 8.96. The number of rotatable bonds is 9. The summed E-state index contributed by atoms with van der Waals surface area (Å²) in [6, 6.07) is 18.6. The van der Waals surface area contributed by atoms with Crippen LogP contribution in [-0.4, -0.2) is 24.3 Å². The minimum absolute atomic E-state index is 0.207. The predicted molar refractivity (Wildman–Crippen MR) is 150 cm³/mol. The number of ether oxygens (including phenoxy) is 3. The van der Waals surface area contributed by atoms with Gasteiger partial charge in [0, 0.05) is 5.02 Å². The lowest BCUT2D eigenvalue weighted by Gasteiger charge is -2.15. The molecule has 0 bridgehead atoms. The van der Waals surface area contributed by atoms with Gasteiger partial charge in [-0.2, -0.15) is 0 Å². The molecule has 6 nitrogen and oxygen atoms in total. The van der Waals surface area contributed by atoms with E-state index in [0.717, 1.165) is 27.0 Å². The first-order valence-electron chi connectivity index (χ1n) is 11.3. The van der Waals surface area contributed by atoms with E-state index < -0.39 is 0 Å². The molecule has 3 aromatic carbocycles. The van der Waals surface area contributed by atoms with Crippen LogP contribution in [0.3, 0.4) is 0 Å². The van der Waals surface area contributed by atoms with Crippen molar-refractivity contribution >= 4 is 62.1 Å². The lowest BCUT2D eigenvalue weighted by atomic mass is 10.1. The number of carbonyl (C=O) groups excluding carboxylic acids is 1. The first-order chi connectivity index (χ1) is 17.4. The van der Waals surface area contributed by atoms with Crippen molar-refractivity contribution < 1.29 is 19.0 Å². The highest BCUT2D eigenvalue weighted by atomic mass is 79.9. The smallest absolute Gasteiger partial charge is 0.264 e. The fraction of sp³-hybridized carbons (Fsp3) is 0.185. The van der Waals surface area contributed by atoms with Crippen LogP contribution >= 0.6 is 39.3 Å². The van der Waals surface area contributed by atoms with Crippen LogP contribution in [0.4, 0.5) is 5.69 Å². The van der Waals surface area contributed by atoms with Crippen molar-refractivity contribution in [3.05, 3.63) is 86.2 Å². The molecule has 3 aromatic rings. The average Bonchev–Trinajstić information content (AvgIpc) is 3.19. The fourth-order valence-corrected chi connectivity index (χ4v) is 4.89. The number of thioether (sulfide) groups is 1. The maximum absolute atomic E-state index is 12.6. The maximum Gasteiger partial charge on any atom is 0.264 e. The van der Waals surface area contributed by atoms with Crippen molar-refractivity contribution in [2.24, 2.45) is 4.99 Å². The number of nitrogens with zero attached hydrogens (tertiary/aromatic N) is 1. The Morgan fingerprint density at radius 2 is 1.72 bits per heavy atom. The molecule has 0 atom stereocenters. The Hall–Kier alpha value is -2.94. The molecule has 1 saturated heterocycles. The van der Waals surface area contributed by atoms with E-state index in [0.29, 0.717) is 46.4 Å². The molecule has 1 heterocycles. The second-order valence-electron chi connectivity index (χ2n) is 7.59. The lowest BCUT2D eigenvalue weighted by Crippen LogP contribution is -2.19. The molecule has 1 amide bonds. The molecule has 186 valence electrons. The summed E-state index contributed by atoms with van der Waals surface area (Å²) in [7, 11) is 0. The van der Waals surface area contributed by atoms with Crippen LogP contribution < -0.4 is 19.5 Å². The standard InChI is InChI=1S/C27H24BrClN2O4S/c1-3-33-21-11-9-20(10-12-21)30-27-31-26(32)24(36-27)15-18-13-22(28)25(23(14-18)34-4-2)35-16-17-5-7-19(29)8-6-17/h5-15H,3-4,16H2,1-2H3,(H,30,31,32)/b24-15+. The van der Waals surface area contributed by atoms with Gasteiger partial charge in [0.2, 0.25) is 0 Å². The van der Waals surface area contributed by atoms with Crippen molar-refractivity contribution in [1.82, 2.24) is 5.32 Å². The number of amides is 1. The van der Waals surface area contributed by atoms with Gasteiger partial charge in [-0.15, -0.1) is 0 Å². The molecule has 0 spiro atoms. The van der Waals surface area contributed by atoms with Crippen molar-refractivity contribution in [3.63, 3.8) is 0 Å². The van der Waals surface area contributed by atoms with Gasteiger partial charge < -0.3 is 19.5 Å². The Morgan fingerprint density at radius 3 is 2.42 bits per heavy atom. The van der Waals surface area contributed by atoms with Crippen LogP contribution in [0.15, 0.2) is 75.0 Å². The normalized spacial score (nSPS) is 15.3. The first kappa shape index (κ1) is 26.1. The van der Waals surface area contributed by atoms with E-state index >= 15 is 0 Å². The lowest BCUT2D eigenvalue weighted by molar-refractivity contribution is -0.115. The molecule has 0 unspecified atom stereocenters. The van der Waals surface area contributed by atoms with Gasteiger partial charge >= 0.3 is 0 Å². The number of carbonyl (C=O) groups is 1. The summed E-state index contributed by atoms with van der Waals surface area (Å²) in [6.07, 6.45) is 1.80. The molecule has 1 aliphatic rings. The molecule has 0 aromatic heterocycles. The third-order valence-electron chi connectivity index (χ3n) is 4.96. The van der Waals surface area contributed by atoms with E-state index in [1.54, 1.807) is 6.08 Å². The van der Waals surface area contributed by atoms with Crippen LogP contribution in [0.1, 0.15) is 25.0 Å². The molecular weight excluding hydrogens is 564 g/mol. The van der Waals surface area contributed by atoms with E-state index in [-0.39, 0.29) is 5.91 Å². The highest BCUT2D eigenvalue weighted by molar-refractivity contribution is 9.10. The highest BCUT2D eigenvalue weighted by Crippen LogP contribution is 2.39. The van der Waals surface area contributed by atoms with Crippen LogP contribution in [0.2, 0.25) is 5.02 Å². The van der Waals surface area contributed by atoms with Gasteiger partial charge in [0.25, 0.3) is 5.91 Å². The summed E-state index contributed by atoms with van der Waals surface area (Å²) < 4.78 is 18.1. The molecule has 0 saturated carbocycles. The summed E-state index contributed by atoms with van der Waals surface area (Å²) >= 11 is 10.8. The Bertz CT molecular complexity index is 1290. The topological polar surface area (TPSA) is 69.2 Å². The summed E-state index contributed by atoms with van der Waals surface area (Å²) in [4.78, 5) is 17.6. The first-order valence-corrected chi connectivity index (χ1v) is 13.3. The second kappa shape index (κ2) is 12.3. The second-order valence-corrected chi connectivity index (χ2v) is 9.91. The third-order valence-corrected chi connectivity index (χ3v) is 6.71. The molecule has 1 N–H and O–H groups in total. The monoisotopic (exact) mass is 586 g/mol. The van der Waals surface area contributed by atoms with E-state index in [9.17, 15) is 4.79 Å². The van der Waals surface area contributed by atoms with E-state index in [2.05, 4.69) is 26.2 Å². The number of benzene rings is 3. The van der Waals surface area contributed by atoms with Crippen molar-refractivity contribution in [2.75, 3.05) is 13.2 Å². The van der Waals surface area contributed by atoms with Crippen LogP contribution in [0, 0.1) is 0 Å². The van der Waals surface area contributed by atoms with Gasteiger partial charge in [-0.05, 0) is 107 Å². The van der Waals surface area contributed by atoms with Crippen molar-refractivity contribution in [3.8, 4) is 17.2 Å². The molecular formula is C27H24BrClN2O4S. The summed E-state index contributed by atoms with van der Waals surface area (Å²) in [5.74, 6) is 1.75. The van der Waals surface area contributed by atoms with Gasteiger partial charge in [-0.3, -0.25) is 4.79 Å². The number of nitrogens with one attached hydrogen (secondary N) is 1. The fourth-order valence-electron chi connectivity index (χ4n) is 3.34. The van der Waals surface area contributed by atoms with E-state index in [1.807, 2.05) is 74.5 Å². The van der Waals surface area contributed by atoms with Gasteiger partial charge in [0.15, 0.2) is 16.7 Å². The largest absolute Gasteiger partial charge is 0.494 e. The SMILES string of the molecule is CCOc1ccc(N=C2NC(=O)/C(=C\c3cc(Br)c(OCc4ccc(Cl)cc4)c(OCC)c3)S2)cc1. The molecule has 0 aliphatic carbocycles. The summed E-state index contributed by atoms with van der Waals surface area (Å²) in [6.45, 7) is 5.28. The summed E-state index contributed by atoms with van der Waals surface area (Å²) in [5, 5.41) is 4.01. The molecule has 36 heavy (non-hydrogen) atoms. The highest BCUT2D eigenvalue weighted by Gasteiger charge is 2.24. The molecule has 1 fully saturated rings. The number of amidine groups is 1. The van der Waals surface area contributed by atoms with Crippen LogP contribution in [0.25, 0.3) is 6.08 Å². The number of halogens is 2. The predicted octanol–water partition coefficient (Wildman–Crippen LogP) is 7.37. The van der Waals surface area contributed by atoms with Gasteiger partial charge in [-0.1, -0.05) is 23.7 Å². The van der Waals surface area contributed by atoms with Gasteiger partial charge in [0.05, 0.1) is 28.3 Å². The van der Waals surface area contributed by atoms with Crippen molar-refractivity contribution in [2.45, 2.75) is 20.5 Å².